The largest absolute Gasteiger partial charge is 0.480 e. The highest BCUT2D eigenvalue weighted by molar-refractivity contribution is 5.68. The van der Waals surface area contributed by atoms with Gasteiger partial charge in [-0.3, -0.25) is 4.79 Å². The van der Waals surface area contributed by atoms with Crippen molar-refractivity contribution in [2.45, 2.75) is 32.7 Å². The molecule has 0 unspecified atom stereocenters. The van der Waals surface area contributed by atoms with Gasteiger partial charge in [-0.05, 0) is 46.8 Å². The molecule has 0 heterocycles. The van der Waals surface area contributed by atoms with Gasteiger partial charge in [-0.2, -0.15) is 0 Å². The van der Waals surface area contributed by atoms with Gasteiger partial charge >= 0.3 is 5.97 Å². The van der Waals surface area contributed by atoms with E-state index in [-0.39, 0.29) is 6.54 Å². The van der Waals surface area contributed by atoms with E-state index < -0.39 is 5.97 Å². The quantitative estimate of drug-likeness (QED) is 0.571. The number of nitrogens with one attached hydrogen (secondary N) is 1. The van der Waals surface area contributed by atoms with E-state index in [0.717, 1.165) is 25.9 Å². The van der Waals surface area contributed by atoms with Crippen LogP contribution >= 0.6 is 0 Å². The molecule has 0 aliphatic rings. The lowest BCUT2D eigenvalue weighted by Crippen LogP contribution is -2.28. The van der Waals surface area contributed by atoms with Crippen molar-refractivity contribution in [1.29, 1.82) is 0 Å². The number of hydrogen-bond donors (Lipinski definition) is 2. The third kappa shape index (κ3) is 8.01. The van der Waals surface area contributed by atoms with Gasteiger partial charge in [-0.15, -0.1) is 0 Å². The summed E-state index contributed by atoms with van der Waals surface area (Å²) in [5.41, 5.74) is 0. The minimum atomic E-state index is -0.788. The number of rotatable bonds is 8. The highest BCUT2D eigenvalue weighted by atomic mass is 16.4. The molecule has 0 fully saturated rings. The van der Waals surface area contributed by atoms with E-state index in [0.29, 0.717) is 6.04 Å². The number of carboxylic acids is 1. The van der Waals surface area contributed by atoms with Gasteiger partial charge in [0.05, 0.1) is 6.54 Å². The number of carbonyl (C=O) groups is 1. The van der Waals surface area contributed by atoms with Crippen molar-refractivity contribution in [3.63, 3.8) is 0 Å². The van der Waals surface area contributed by atoms with E-state index in [9.17, 15) is 4.79 Å². The lowest BCUT2D eigenvalue weighted by Gasteiger charge is -2.20. The maximum Gasteiger partial charge on any atom is 0.317 e. The molecule has 0 saturated heterocycles. The minimum Gasteiger partial charge on any atom is -0.480 e. The Morgan fingerprint density at radius 3 is 2.57 bits per heavy atom. The summed E-state index contributed by atoms with van der Waals surface area (Å²) in [5, 5.41) is 11.2. The standard InChI is InChI=1S/C10H22N2O2/c1-9(2)12(3)7-5-4-6-11-8-10(13)14/h9,11H,4-8H2,1-3H3,(H,13,14). The molecule has 0 saturated carbocycles. The molecule has 0 aromatic rings. The van der Waals surface area contributed by atoms with Crippen LogP contribution in [0.5, 0.6) is 0 Å². The number of carboxylic acid groups (broad SMARTS) is 1. The van der Waals surface area contributed by atoms with Crippen LogP contribution in [0.1, 0.15) is 26.7 Å². The smallest absolute Gasteiger partial charge is 0.317 e. The lowest BCUT2D eigenvalue weighted by atomic mass is 10.2. The molecule has 0 spiro atoms. The van der Waals surface area contributed by atoms with Gasteiger partial charge in [-0.1, -0.05) is 0 Å². The molecule has 4 heteroatoms. The molecule has 0 amide bonds. The zero-order valence-electron chi connectivity index (χ0n) is 9.42. The number of aliphatic carboxylic acids is 1. The summed E-state index contributed by atoms with van der Waals surface area (Å²) in [4.78, 5) is 12.4. The Bertz CT molecular complexity index is 160. The van der Waals surface area contributed by atoms with Gasteiger partial charge in [-0.25, -0.2) is 0 Å². The molecular weight excluding hydrogens is 180 g/mol. The molecule has 0 atom stereocenters. The van der Waals surface area contributed by atoms with Crippen LogP contribution in [0.2, 0.25) is 0 Å². The number of hydrogen-bond acceptors (Lipinski definition) is 3. The second-order valence-corrected chi connectivity index (χ2v) is 3.85. The summed E-state index contributed by atoms with van der Waals surface area (Å²) in [6.07, 6.45) is 2.14. The van der Waals surface area contributed by atoms with Crippen molar-refractivity contribution in [2.24, 2.45) is 0 Å². The maximum atomic E-state index is 10.2. The average molecular weight is 202 g/mol. The van der Waals surface area contributed by atoms with Crippen LogP contribution in [0.3, 0.4) is 0 Å². The normalized spacial score (nSPS) is 11.2. The van der Waals surface area contributed by atoms with E-state index in [2.05, 4.69) is 31.1 Å². The monoisotopic (exact) mass is 202 g/mol. The molecule has 0 radical (unpaired) electrons. The summed E-state index contributed by atoms with van der Waals surface area (Å²) < 4.78 is 0. The molecule has 0 aliphatic heterocycles. The van der Waals surface area contributed by atoms with Crippen LogP contribution in [0.4, 0.5) is 0 Å². The Morgan fingerprint density at radius 1 is 1.43 bits per heavy atom. The Kier molecular flexibility index (Phi) is 7.42. The summed E-state index contributed by atoms with van der Waals surface area (Å²) in [5.74, 6) is -0.788. The predicted octanol–water partition coefficient (Wildman–Crippen LogP) is 0.781. The van der Waals surface area contributed by atoms with Crippen molar-refractivity contribution in [3.8, 4) is 0 Å². The Balaban J connectivity index is 3.17. The first-order chi connectivity index (χ1) is 6.54. The summed E-state index contributed by atoms with van der Waals surface area (Å²) in [7, 11) is 2.11. The van der Waals surface area contributed by atoms with Crippen LogP contribution in [-0.2, 0) is 4.79 Å². The van der Waals surface area contributed by atoms with Gasteiger partial charge in [0.2, 0.25) is 0 Å². The zero-order chi connectivity index (χ0) is 11.0. The van der Waals surface area contributed by atoms with Gasteiger partial charge in [0.25, 0.3) is 0 Å². The molecule has 0 aliphatic carbocycles. The molecule has 84 valence electrons. The third-order valence-electron chi connectivity index (χ3n) is 2.27. The van der Waals surface area contributed by atoms with Crippen LogP contribution in [0.25, 0.3) is 0 Å². The highest BCUT2D eigenvalue weighted by Gasteiger charge is 2.01. The first-order valence-corrected chi connectivity index (χ1v) is 5.16. The molecular formula is C10H22N2O2. The predicted molar refractivity (Wildman–Crippen MR) is 57.5 cm³/mol. The van der Waals surface area contributed by atoms with Gasteiger partial charge < -0.3 is 15.3 Å². The van der Waals surface area contributed by atoms with E-state index >= 15 is 0 Å². The van der Waals surface area contributed by atoms with E-state index in [4.69, 9.17) is 5.11 Å². The molecule has 0 aromatic heterocycles. The molecule has 4 nitrogen and oxygen atoms in total. The van der Waals surface area contributed by atoms with Crippen molar-refractivity contribution >= 4 is 5.97 Å². The second kappa shape index (κ2) is 7.76. The Morgan fingerprint density at radius 2 is 2.07 bits per heavy atom. The number of nitrogens with zero attached hydrogens (tertiary/aromatic N) is 1. The van der Waals surface area contributed by atoms with E-state index in [1.54, 1.807) is 0 Å². The zero-order valence-corrected chi connectivity index (χ0v) is 9.42. The van der Waals surface area contributed by atoms with Gasteiger partial charge in [0.1, 0.15) is 0 Å². The molecule has 0 bridgehead atoms. The van der Waals surface area contributed by atoms with Gasteiger partial charge in [0, 0.05) is 6.04 Å². The summed E-state index contributed by atoms with van der Waals surface area (Å²) >= 11 is 0. The third-order valence-corrected chi connectivity index (χ3v) is 2.27. The molecule has 0 rings (SSSR count). The topological polar surface area (TPSA) is 52.6 Å². The van der Waals surface area contributed by atoms with Crippen molar-refractivity contribution in [2.75, 3.05) is 26.7 Å². The summed E-state index contributed by atoms with van der Waals surface area (Å²) in [6.45, 7) is 6.27. The highest BCUT2D eigenvalue weighted by Crippen LogP contribution is 1.96. The lowest BCUT2D eigenvalue weighted by molar-refractivity contribution is -0.135. The minimum absolute atomic E-state index is 0.0695. The van der Waals surface area contributed by atoms with Crippen LogP contribution < -0.4 is 5.32 Å². The van der Waals surface area contributed by atoms with E-state index in [1.807, 2.05) is 0 Å². The first-order valence-electron chi connectivity index (χ1n) is 5.16. The molecule has 2 N–H and O–H groups in total. The van der Waals surface area contributed by atoms with Crippen molar-refractivity contribution in [3.05, 3.63) is 0 Å². The molecule has 0 aromatic carbocycles. The van der Waals surface area contributed by atoms with Crippen LogP contribution in [-0.4, -0.2) is 48.7 Å². The fourth-order valence-electron chi connectivity index (χ4n) is 1.06. The van der Waals surface area contributed by atoms with E-state index in [1.165, 1.54) is 0 Å². The van der Waals surface area contributed by atoms with Crippen LogP contribution in [0, 0.1) is 0 Å². The Labute approximate surface area is 86.3 Å². The summed E-state index contributed by atoms with van der Waals surface area (Å²) in [6, 6.07) is 0.585. The Hall–Kier alpha value is -0.610. The van der Waals surface area contributed by atoms with Gasteiger partial charge in [0.15, 0.2) is 0 Å². The SMILES string of the molecule is CC(C)N(C)CCCCNCC(=O)O. The first kappa shape index (κ1) is 13.4. The van der Waals surface area contributed by atoms with Crippen molar-refractivity contribution < 1.29 is 9.90 Å². The van der Waals surface area contributed by atoms with Crippen LogP contribution in [0.15, 0.2) is 0 Å². The molecule has 14 heavy (non-hydrogen) atoms. The maximum absolute atomic E-state index is 10.2. The fraction of sp³-hybridized carbons (Fsp3) is 0.900. The fourth-order valence-corrected chi connectivity index (χ4v) is 1.06. The average Bonchev–Trinajstić information content (AvgIpc) is 2.09. The second-order valence-electron chi connectivity index (χ2n) is 3.85. The number of unbranched alkanes of at least 4 members (excludes halogenated alkanes) is 1. The van der Waals surface area contributed by atoms with Crippen molar-refractivity contribution in [1.82, 2.24) is 10.2 Å².